The first-order chi connectivity index (χ1) is 7.78. The van der Waals surface area contributed by atoms with Gasteiger partial charge in [0.25, 0.3) is 0 Å². The van der Waals surface area contributed by atoms with Gasteiger partial charge in [-0.1, -0.05) is 6.07 Å². The van der Waals surface area contributed by atoms with E-state index in [1.807, 2.05) is 6.07 Å². The van der Waals surface area contributed by atoms with Crippen molar-refractivity contribution in [1.82, 2.24) is 4.98 Å². The van der Waals surface area contributed by atoms with E-state index in [2.05, 4.69) is 16.4 Å². The Kier molecular flexibility index (Phi) is 3.13. The zero-order chi connectivity index (χ0) is 11.4. The fraction of sp³-hybridized carbons (Fsp3) is 0.0909. The number of halogens is 1. The van der Waals surface area contributed by atoms with Gasteiger partial charge in [-0.05, 0) is 24.3 Å². The van der Waals surface area contributed by atoms with E-state index in [9.17, 15) is 4.39 Å². The monoisotopic (exact) mass is 233 g/mol. The van der Waals surface area contributed by atoms with Crippen molar-refractivity contribution in [3.05, 3.63) is 46.0 Å². The third kappa shape index (κ3) is 2.55. The predicted octanol–water partition coefficient (Wildman–Crippen LogP) is 2.77. The number of anilines is 1. The molecule has 1 N–H and O–H groups in total. The molecule has 0 aliphatic carbocycles. The van der Waals surface area contributed by atoms with Gasteiger partial charge in [0.05, 0.1) is 6.54 Å². The minimum absolute atomic E-state index is 0.493. The highest BCUT2D eigenvalue weighted by atomic mass is 32.1. The van der Waals surface area contributed by atoms with Crippen LogP contribution in [0.3, 0.4) is 0 Å². The van der Waals surface area contributed by atoms with E-state index in [1.54, 1.807) is 18.2 Å². The van der Waals surface area contributed by atoms with E-state index in [1.165, 1.54) is 17.4 Å². The molecular formula is C11H8FN3S. The van der Waals surface area contributed by atoms with Crippen LogP contribution < -0.4 is 5.32 Å². The van der Waals surface area contributed by atoms with E-state index in [4.69, 9.17) is 5.26 Å². The summed E-state index contributed by atoms with van der Waals surface area (Å²) in [5, 5.41) is 11.6. The molecule has 0 unspecified atom stereocenters. The number of hydrogen-bond donors (Lipinski definition) is 1. The minimum atomic E-state index is -0.506. The number of pyridine rings is 1. The smallest absolute Gasteiger partial charge is 0.214 e. The Hall–Kier alpha value is -1.93. The largest absolute Gasteiger partial charge is 0.365 e. The molecule has 0 atom stereocenters. The van der Waals surface area contributed by atoms with Crippen molar-refractivity contribution in [2.45, 2.75) is 6.54 Å². The Balaban J connectivity index is 2.00. The van der Waals surface area contributed by atoms with Crippen LogP contribution in [0.4, 0.5) is 10.2 Å². The number of nitriles is 1. The van der Waals surface area contributed by atoms with Crippen LogP contribution in [0.5, 0.6) is 0 Å². The van der Waals surface area contributed by atoms with Crippen molar-refractivity contribution in [3.8, 4) is 6.07 Å². The molecule has 0 radical (unpaired) electrons. The van der Waals surface area contributed by atoms with Crippen molar-refractivity contribution in [3.63, 3.8) is 0 Å². The average molecular weight is 233 g/mol. The molecule has 0 amide bonds. The van der Waals surface area contributed by atoms with Gasteiger partial charge in [-0.3, -0.25) is 0 Å². The first kappa shape index (κ1) is 10.6. The van der Waals surface area contributed by atoms with E-state index >= 15 is 0 Å². The standard InChI is InChI=1S/C11H8FN3S/c12-10-2-1-3-11(15-10)14-7-9-5-4-8(6-13)16-9/h1-5H,7H2,(H,14,15). The highest BCUT2D eigenvalue weighted by molar-refractivity contribution is 7.12. The van der Waals surface area contributed by atoms with Crippen LogP contribution in [0.15, 0.2) is 30.3 Å². The number of aromatic nitrogens is 1. The van der Waals surface area contributed by atoms with Crippen molar-refractivity contribution in [1.29, 1.82) is 5.26 Å². The van der Waals surface area contributed by atoms with Crippen LogP contribution in [0, 0.1) is 17.3 Å². The van der Waals surface area contributed by atoms with Crippen LogP contribution in [-0.2, 0) is 6.54 Å². The molecule has 0 aliphatic heterocycles. The normalized spacial score (nSPS) is 9.75. The number of nitrogens with one attached hydrogen (secondary N) is 1. The van der Waals surface area contributed by atoms with Crippen molar-refractivity contribution >= 4 is 17.2 Å². The topological polar surface area (TPSA) is 48.7 Å². The maximum absolute atomic E-state index is 12.8. The molecule has 0 aromatic carbocycles. The minimum Gasteiger partial charge on any atom is -0.365 e. The summed E-state index contributed by atoms with van der Waals surface area (Å²) in [5.41, 5.74) is 0. The summed E-state index contributed by atoms with van der Waals surface area (Å²) in [6.45, 7) is 0.544. The second-order valence-electron chi connectivity index (χ2n) is 3.08. The van der Waals surface area contributed by atoms with E-state index in [0.29, 0.717) is 17.2 Å². The Morgan fingerprint density at radius 2 is 2.25 bits per heavy atom. The van der Waals surface area contributed by atoms with Crippen LogP contribution in [0.1, 0.15) is 9.75 Å². The molecule has 80 valence electrons. The second-order valence-corrected chi connectivity index (χ2v) is 4.25. The van der Waals surface area contributed by atoms with Crippen LogP contribution in [-0.4, -0.2) is 4.98 Å². The van der Waals surface area contributed by atoms with Gasteiger partial charge < -0.3 is 5.32 Å². The summed E-state index contributed by atoms with van der Waals surface area (Å²) in [6.07, 6.45) is 0. The summed E-state index contributed by atoms with van der Waals surface area (Å²) in [6, 6.07) is 10.3. The lowest BCUT2D eigenvalue weighted by molar-refractivity contribution is 0.585. The third-order valence-corrected chi connectivity index (χ3v) is 2.92. The van der Waals surface area contributed by atoms with Crippen molar-refractivity contribution < 1.29 is 4.39 Å². The molecule has 0 aliphatic rings. The van der Waals surface area contributed by atoms with Crippen molar-refractivity contribution in [2.24, 2.45) is 0 Å². The fourth-order valence-corrected chi connectivity index (χ4v) is 1.96. The molecule has 0 saturated heterocycles. The van der Waals surface area contributed by atoms with Gasteiger partial charge in [-0.2, -0.15) is 9.65 Å². The molecular weight excluding hydrogens is 225 g/mol. The van der Waals surface area contributed by atoms with Gasteiger partial charge in [-0.25, -0.2) is 4.98 Å². The first-order valence-corrected chi connectivity index (χ1v) is 5.45. The zero-order valence-corrected chi connectivity index (χ0v) is 9.09. The maximum Gasteiger partial charge on any atom is 0.214 e. The highest BCUT2D eigenvalue weighted by Crippen LogP contribution is 2.16. The van der Waals surface area contributed by atoms with Gasteiger partial charge in [0, 0.05) is 4.88 Å². The van der Waals surface area contributed by atoms with E-state index in [0.717, 1.165) is 4.88 Å². The van der Waals surface area contributed by atoms with Crippen LogP contribution in [0.25, 0.3) is 0 Å². The van der Waals surface area contributed by atoms with Gasteiger partial charge in [-0.15, -0.1) is 11.3 Å². The van der Waals surface area contributed by atoms with Gasteiger partial charge in [0.2, 0.25) is 5.95 Å². The second kappa shape index (κ2) is 4.73. The summed E-state index contributed by atoms with van der Waals surface area (Å²) < 4.78 is 12.8. The molecule has 3 nitrogen and oxygen atoms in total. The van der Waals surface area contributed by atoms with Crippen LogP contribution in [0.2, 0.25) is 0 Å². The molecule has 5 heteroatoms. The summed E-state index contributed by atoms with van der Waals surface area (Å²) in [5.74, 6) is -0.0131. The lowest BCUT2D eigenvalue weighted by atomic mass is 10.4. The first-order valence-electron chi connectivity index (χ1n) is 4.63. The quantitative estimate of drug-likeness (QED) is 0.829. The van der Waals surface area contributed by atoms with E-state index < -0.39 is 5.95 Å². The zero-order valence-electron chi connectivity index (χ0n) is 8.27. The van der Waals surface area contributed by atoms with Gasteiger partial charge in [0.1, 0.15) is 16.8 Å². The lowest BCUT2D eigenvalue weighted by Crippen LogP contribution is -2.00. The third-order valence-electron chi connectivity index (χ3n) is 1.93. The molecule has 0 spiro atoms. The summed E-state index contributed by atoms with van der Waals surface area (Å²) in [4.78, 5) is 5.36. The molecule has 16 heavy (non-hydrogen) atoms. The number of rotatable bonds is 3. The Bertz CT molecular complexity index is 530. The molecule has 0 saturated carbocycles. The maximum atomic E-state index is 12.8. The number of nitrogens with zero attached hydrogens (tertiary/aromatic N) is 2. The molecule has 2 rings (SSSR count). The summed E-state index contributed by atoms with van der Waals surface area (Å²) >= 11 is 1.41. The lowest BCUT2D eigenvalue weighted by Gasteiger charge is -2.02. The SMILES string of the molecule is N#Cc1ccc(CNc2cccc(F)n2)s1. The molecule has 0 fully saturated rings. The number of hydrogen-bond acceptors (Lipinski definition) is 4. The fourth-order valence-electron chi connectivity index (χ4n) is 1.22. The Labute approximate surface area is 96.2 Å². The summed E-state index contributed by atoms with van der Waals surface area (Å²) in [7, 11) is 0. The van der Waals surface area contributed by atoms with Gasteiger partial charge >= 0.3 is 0 Å². The molecule has 2 heterocycles. The van der Waals surface area contributed by atoms with E-state index in [-0.39, 0.29) is 0 Å². The van der Waals surface area contributed by atoms with Gasteiger partial charge in [0.15, 0.2) is 0 Å². The Morgan fingerprint density at radius 3 is 2.94 bits per heavy atom. The molecule has 2 aromatic rings. The number of thiophene rings is 1. The van der Waals surface area contributed by atoms with Crippen LogP contribution >= 0.6 is 11.3 Å². The highest BCUT2D eigenvalue weighted by Gasteiger charge is 2.00. The average Bonchev–Trinajstić information content (AvgIpc) is 2.74. The molecule has 2 aromatic heterocycles. The molecule has 0 bridgehead atoms. The van der Waals surface area contributed by atoms with Crippen molar-refractivity contribution in [2.75, 3.05) is 5.32 Å². The Morgan fingerprint density at radius 1 is 1.38 bits per heavy atom. The predicted molar refractivity (Wildman–Crippen MR) is 60.6 cm³/mol.